The summed E-state index contributed by atoms with van der Waals surface area (Å²) in [5.41, 5.74) is 0.634. The third-order valence-corrected chi connectivity index (χ3v) is 4.55. The molecule has 2 heteroatoms. The molecule has 0 spiro atoms. The van der Waals surface area contributed by atoms with Gasteiger partial charge in [0, 0.05) is 0 Å². The van der Waals surface area contributed by atoms with Crippen molar-refractivity contribution in [1.82, 2.24) is 10.2 Å². The summed E-state index contributed by atoms with van der Waals surface area (Å²) in [5.74, 6) is 0.777. The van der Waals surface area contributed by atoms with E-state index >= 15 is 0 Å². The number of hydrogen-bond acceptors (Lipinski definition) is 2. The van der Waals surface area contributed by atoms with E-state index in [1.807, 2.05) is 0 Å². The lowest BCUT2D eigenvalue weighted by atomic mass is 9.78. The first-order chi connectivity index (χ1) is 8.56. The Bertz CT molecular complexity index is 205. The molecule has 0 atom stereocenters. The van der Waals surface area contributed by atoms with Gasteiger partial charge in [-0.25, -0.2) is 0 Å². The van der Waals surface area contributed by atoms with Gasteiger partial charge < -0.3 is 10.2 Å². The van der Waals surface area contributed by atoms with Crippen molar-refractivity contribution in [2.45, 2.75) is 59.8 Å². The Hall–Kier alpha value is -0.0800. The molecule has 1 rings (SSSR count). The lowest BCUT2D eigenvalue weighted by Gasteiger charge is -2.39. The Morgan fingerprint density at radius 3 is 2.39 bits per heavy atom. The lowest BCUT2D eigenvalue weighted by molar-refractivity contribution is 0.113. The second-order valence-electron chi connectivity index (χ2n) is 6.81. The fourth-order valence-electron chi connectivity index (χ4n) is 2.65. The van der Waals surface area contributed by atoms with Gasteiger partial charge in [-0.3, -0.25) is 0 Å². The number of hydrogen-bond donors (Lipinski definition) is 1. The van der Waals surface area contributed by atoms with E-state index in [2.05, 4.69) is 37.9 Å². The molecule has 108 valence electrons. The van der Waals surface area contributed by atoms with Crippen molar-refractivity contribution in [1.29, 1.82) is 0 Å². The van der Waals surface area contributed by atoms with E-state index in [1.165, 1.54) is 64.8 Å². The van der Waals surface area contributed by atoms with Crippen molar-refractivity contribution in [3.05, 3.63) is 0 Å². The fraction of sp³-hybridized carbons (Fsp3) is 1.00. The Balaban J connectivity index is 1.98. The second-order valence-corrected chi connectivity index (χ2v) is 6.81. The van der Waals surface area contributed by atoms with Crippen molar-refractivity contribution in [3.8, 4) is 0 Å². The van der Waals surface area contributed by atoms with Gasteiger partial charge in [-0.2, -0.15) is 0 Å². The Kier molecular flexibility index (Phi) is 7.25. The zero-order valence-electron chi connectivity index (χ0n) is 13.1. The molecular weight excluding hydrogens is 220 g/mol. The Morgan fingerprint density at radius 2 is 1.83 bits per heavy atom. The number of nitrogens with one attached hydrogen (secondary N) is 1. The van der Waals surface area contributed by atoms with Crippen LogP contribution in [0.3, 0.4) is 0 Å². The van der Waals surface area contributed by atoms with Crippen molar-refractivity contribution in [3.63, 3.8) is 0 Å². The molecule has 1 fully saturated rings. The van der Waals surface area contributed by atoms with E-state index in [0.29, 0.717) is 5.41 Å². The number of likely N-dealkylation sites (tertiary alicyclic amines) is 1. The molecule has 1 N–H and O–H groups in total. The molecule has 0 radical (unpaired) electrons. The first-order valence-corrected chi connectivity index (χ1v) is 7.99. The summed E-state index contributed by atoms with van der Waals surface area (Å²) in [4.78, 5) is 2.67. The van der Waals surface area contributed by atoms with Gasteiger partial charge in [-0.05, 0) is 69.7 Å². The van der Waals surface area contributed by atoms with E-state index in [4.69, 9.17) is 0 Å². The van der Waals surface area contributed by atoms with Crippen LogP contribution in [0.25, 0.3) is 0 Å². The van der Waals surface area contributed by atoms with Crippen LogP contribution in [-0.4, -0.2) is 37.6 Å². The monoisotopic (exact) mass is 254 g/mol. The normalized spacial score (nSPS) is 20.5. The molecule has 0 amide bonds. The van der Waals surface area contributed by atoms with Crippen LogP contribution in [0, 0.1) is 11.3 Å². The lowest BCUT2D eigenvalue weighted by Crippen LogP contribution is -2.39. The average Bonchev–Trinajstić information content (AvgIpc) is 2.35. The summed E-state index contributed by atoms with van der Waals surface area (Å²) in [6, 6.07) is 0. The van der Waals surface area contributed by atoms with E-state index < -0.39 is 0 Å². The fourth-order valence-corrected chi connectivity index (χ4v) is 2.65. The molecule has 0 aliphatic carbocycles. The van der Waals surface area contributed by atoms with Gasteiger partial charge in [-0.1, -0.05) is 34.1 Å². The van der Waals surface area contributed by atoms with Crippen molar-refractivity contribution in [2.75, 3.05) is 32.7 Å². The minimum absolute atomic E-state index is 0.634. The van der Waals surface area contributed by atoms with Gasteiger partial charge in [0.05, 0.1) is 0 Å². The third kappa shape index (κ3) is 6.19. The highest BCUT2D eigenvalue weighted by atomic mass is 15.1. The molecule has 2 nitrogen and oxygen atoms in total. The summed E-state index contributed by atoms with van der Waals surface area (Å²) >= 11 is 0. The zero-order chi connectivity index (χ0) is 13.4. The molecule has 0 aromatic heterocycles. The quantitative estimate of drug-likeness (QED) is 0.667. The molecule has 1 aliphatic heterocycles. The average molecular weight is 254 g/mol. The molecule has 0 unspecified atom stereocenters. The predicted molar refractivity (Wildman–Crippen MR) is 81.0 cm³/mol. The maximum absolute atomic E-state index is 3.53. The van der Waals surface area contributed by atoms with Gasteiger partial charge in [-0.15, -0.1) is 0 Å². The molecular formula is C16H34N2. The standard InChI is InChI=1S/C16H34N2/c1-5-16(4)8-12-18(13-9-16)11-7-6-10-17-14-15(2)3/h15,17H,5-14H2,1-4H3. The zero-order valence-corrected chi connectivity index (χ0v) is 13.1. The van der Waals surface area contributed by atoms with Crippen LogP contribution in [0.1, 0.15) is 59.8 Å². The van der Waals surface area contributed by atoms with Crippen LogP contribution < -0.4 is 5.32 Å². The van der Waals surface area contributed by atoms with Crippen LogP contribution in [0.4, 0.5) is 0 Å². The molecule has 0 bridgehead atoms. The Morgan fingerprint density at radius 1 is 1.17 bits per heavy atom. The van der Waals surface area contributed by atoms with Crippen LogP contribution in [0.2, 0.25) is 0 Å². The molecule has 18 heavy (non-hydrogen) atoms. The third-order valence-electron chi connectivity index (χ3n) is 4.55. The van der Waals surface area contributed by atoms with Gasteiger partial charge in [0.2, 0.25) is 0 Å². The molecule has 0 saturated carbocycles. The molecule has 1 aliphatic rings. The molecule has 1 heterocycles. The van der Waals surface area contributed by atoms with E-state index in [1.54, 1.807) is 0 Å². The molecule has 1 saturated heterocycles. The highest BCUT2D eigenvalue weighted by Crippen LogP contribution is 2.33. The van der Waals surface area contributed by atoms with Gasteiger partial charge in [0.25, 0.3) is 0 Å². The molecule has 0 aromatic carbocycles. The Labute approximate surface area is 115 Å². The topological polar surface area (TPSA) is 15.3 Å². The minimum Gasteiger partial charge on any atom is -0.316 e. The van der Waals surface area contributed by atoms with Crippen molar-refractivity contribution >= 4 is 0 Å². The SMILES string of the molecule is CCC1(C)CCN(CCCCNCC(C)C)CC1. The van der Waals surface area contributed by atoms with Crippen molar-refractivity contribution in [2.24, 2.45) is 11.3 Å². The minimum atomic E-state index is 0.634. The number of unbranched alkanes of at least 4 members (excludes halogenated alkanes) is 1. The maximum atomic E-state index is 3.53. The first kappa shape index (κ1) is 16.0. The summed E-state index contributed by atoms with van der Waals surface area (Å²) in [6.07, 6.45) is 6.83. The molecule has 0 aromatic rings. The van der Waals surface area contributed by atoms with Gasteiger partial charge in [0.1, 0.15) is 0 Å². The second kappa shape index (κ2) is 8.16. The number of nitrogens with zero attached hydrogens (tertiary/aromatic N) is 1. The van der Waals surface area contributed by atoms with Gasteiger partial charge >= 0.3 is 0 Å². The number of piperidine rings is 1. The summed E-state index contributed by atoms with van der Waals surface area (Å²) < 4.78 is 0. The summed E-state index contributed by atoms with van der Waals surface area (Å²) in [6.45, 7) is 15.7. The van der Waals surface area contributed by atoms with Gasteiger partial charge in [0.15, 0.2) is 0 Å². The summed E-state index contributed by atoms with van der Waals surface area (Å²) in [7, 11) is 0. The maximum Gasteiger partial charge on any atom is -0.00135 e. The first-order valence-electron chi connectivity index (χ1n) is 7.99. The van der Waals surface area contributed by atoms with Crippen molar-refractivity contribution < 1.29 is 0 Å². The van der Waals surface area contributed by atoms with Crippen LogP contribution in [0.15, 0.2) is 0 Å². The predicted octanol–water partition coefficient (Wildman–Crippen LogP) is 3.52. The van der Waals surface area contributed by atoms with Crippen LogP contribution >= 0.6 is 0 Å². The largest absolute Gasteiger partial charge is 0.316 e. The summed E-state index contributed by atoms with van der Waals surface area (Å²) in [5, 5.41) is 3.53. The van der Waals surface area contributed by atoms with E-state index in [-0.39, 0.29) is 0 Å². The van der Waals surface area contributed by atoms with E-state index in [9.17, 15) is 0 Å². The van der Waals surface area contributed by atoms with E-state index in [0.717, 1.165) is 5.92 Å². The van der Waals surface area contributed by atoms with Crippen LogP contribution in [0.5, 0.6) is 0 Å². The highest BCUT2D eigenvalue weighted by Gasteiger charge is 2.27. The number of rotatable bonds is 8. The smallest absolute Gasteiger partial charge is 0.00135 e. The highest BCUT2D eigenvalue weighted by molar-refractivity contribution is 4.81. The van der Waals surface area contributed by atoms with Crippen LogP contribution in [-0.2, 0) is 0 Å².